The molecule has 0 radical (unpaired) electrons. The maximum absolute atomic E-state index is 13.0. The first-order valence-electron chi connectivity index (χ1n) is 9.17. The number of allylic oxidation sites excluding steroid dienone is 2. The van der Waals surface area contributed by atoms with E-state index in [1.807, 2.05) is 6.07 Å². The minimum Gasteiger partial charge on any atom is -0.508 e. The third-order valence-corrected chi connectivity index (χ3v) is 5.96. The zero-order valence-corrected chi connectivity index (χ0v) is 15.9. The molecular weight excluding hydrogens is 362 g/mol. The minimum absolute atomic E-state index is 0.0478. The van der Waals surface area contributed by atoms with Crippen molar-refractivity contribution >= 4 is 23.4 Å². The van der Waals surface area contributed by atoms with Gasteiger partial charge in [0.25, 0.3) is 5.56 Å². The van der Waals surface area contributed by atoms with E-state index in [0.717, 1.165) is 36.3 Å². The van der Waals surface area contributed by atoms with Crippen LogP contribution in [0.2, 0.25) is 0 Å². The molecule has 1 aromatic carbocycles. The number of benzene rings is 1. The van der Waals surface area contributed by atoms with Gasteiger partial charge in [0.05, 0.1) is 5.56 Å². The van der Waals surface area contributed by atoms with Crippen LogP contribution in [0, 0.1) is 0 Å². The molecule has 4 rings (SSSR count). The van der Waals surface area contributed by atoms with Crippen LogP contribution in [0.25, 0.3) is 0 Å². The molecule has 2 aliphatic rings. The predicted octanol–water partition coefficient (Wildman–Crippen LogP) is 3.54. The van der Waals surface area contributed by atoms with Crippen molar-refractivity contribution in [3.8, 4) is 5.75 Å². The maximum atomic E-state index is 13.0. The summed E-state index contributed by atoms with van der Waals surface area (Å²) >= 11 is 1.51. The molecule has 1 atom stereocenters. The van der Waals surface area contributed by atoms with Crippen LogP contribution >= 0.6 is 11.8 Å². The number of H-pyrrole nitrogens is 1. The number of fused-ring (bicyclic) bond motifs is 1. The third kappa shape index (κ3) is 3.27. The quantitative estimate of drug-likeness (QED) is 0.552. The molecule has 2 heterocycles. The van der Waals surface area contributed by atoms with Crippen LogP contribution in [0.5, 0.6) is 5.75 Å². The van der Waals surface area contributed by atoms with E-state index in [0.29, 0.717) is 28.5 Å². The number of aromatic hydroxyl groups is 1. The fourth-order valence-electron chi connectivity index (χ4n) is 3.75. The lowest BCUT2D eigenvalue weighted by atomic mass is 9.76. The predicted molar refractivity (Wildman–Crippen MR) is 105 cm³/mol. The van der Waals surface area contributed by atoms with Gasteiger partial charge in [0, 0.05) is 29.4 Å². The molecule has 1 unspecified atom stereocenters. The normalized spacial score (nSPS) is 18.7. The molecule has 0 amide bonds. The fourth-order valence-corrected chi connectivity index (χ4v) is 4.46. The molecule has 1 aromatic heterocycles. The SMILES string of the molecule is CCCSc1nc2c(c(=O)[nH]1)C(c1cccc(O)c1)C1=C(CCCC1=O)N2. The number of nitrogens with zero attached hydrogens (tertiary/aromatic N) is 1. The van der Waals surface area contributed by atoms with Gasteiger partial charge < -0.3 is 15.4 Å². The van der Waals surface area contributed by atoms with Gasteiger partial charge >= 0.3 is 0 Å². The van der Waals surface area contributed by atoms with E-state index in [1.165, 1.54) is 11.8 Å². The number of carbonyl (C=O) groups excluding carboxylic acids is 1. The molecule has 0 spiro atoms. The summed E-state index contributed by atoms with van der Waals surface area (Å²) in [7, 11) is 0. The number of aromatic nitrogens is 2. The molecule has 1 aliphatic carbocycles. The Kier molecular flexibility index (Phi) is 4.78. The standard InChI is InChI=1S/C20H21N3O3S/c1-2-9-27-20-22-18-17(19(26)23-20)15(11-5-3-6-12(24)10-11)16-13(21-18)7-4-8-14(16)25/h3,5-6,10,15,24H,2,4,7-9H2,1H3,(H2,21,22,23,26). The first kappa shape index (κ1) is 17.9. The largest absolute Gasteiger partial charge is 0.508 e. The highest BCUT2D eigenvalue weighted by Gasteiger charge is 2.37. The first-order valence-corrected chi connectivity index (χ1v) is 10.2. The second-order valence-corrected chi connectivity index (χ2v) is 7.89. The van der Waals surface area contributed by atoms with E-state index in [2.05, 4.69) is 22.2 Å². The lowest BCUT2D eigenvalue weighted by Gasteiger charge is -2.32. The summed E-state index contributed by atoms with van der Waals surface area (Å²) in [6.07, 6.45) is 2.99. The molecule has 6 nitrogen and oxygen atoms in total. The number of phenolic OH excluding ortho intramolecular Hbond substituents is 1. The molecule has 2 aromatic rings. The number of Topliss-reactive ketones (excluding diaryl/α,β-unsaturated/α-hetero) is 1. The van der Waals surface area contributed by atoms with Crippen LogP contribution < -0.4 is 10.9 Å². The summed E-state index contributed by atoms with van der Waals surface area (Å²) in [4.78, 5) is 33.2. The van der Waals surface area contributed by atoms with Crippen molar-refractivity contribution < 1.29 is 9.90 Å². The lowest BCUT2D eigenvalue weighted by molar-refractivity contribution is -0.116. The fraction of sp³-hybridized carbons (Fsp3) is 0.350. The molecule has 3 N–H and O–H groups in total. The number of carbonyl (C=O) groups is 1. The van der Waals surface area contributed by atoms with Crippen molar-refractivity contribution in [1.82, 2.24) is 9.97 Å². The van der Waals surface area contributed by atoms with E-state index < -0.39 is 5.92 Å². The lowest BCUT2D eigenvalue weighted by Crippen LogP contribution is -2.32. The van der Waals surface area contributed by atoms with Gasteiger partial charge in [-0.25, -0.2) is 4.98 Å². The molecule has 0 bridgehead atoms. The van der Waals surface area contributed by atoms with Crippen molar-refractivity contribution in [2.45, 2.75) is 43.7 Å². The molecule has 140 valence electrons. The Bertz CT molecular complexity index is 996. The van der Waals surface area contributed by atoms with Crippen LogP contribution in [0.3, 0.4) is 0 Å². The number of ketones is 1. The highest BCUT2D eigenvalue weighted by atomic mass is 32.2. The van der Waals surface area contributed by atoms with Crippen LogP contribution in [0.1, 0.15) is 49.7 Å². The Morgan fingerprint density at radius 2 is 2.15 bits per heavy atom. The van der Waals surface area contributed by atoms with Crippen molar-refractivity contribution in [2.75, 3.05) is 11.1 Å². The van der Waals surface area contributed by atoms with Crippen LogP contribution in [-0.2, 0) is 4.79 Å². The number of nitrogens with one attached hydrogen (secondary N) is 2. The first-order chi connectivity index (χ1) is 13.1. The molecule has 1 aliphatic heterocycles. The molecule has 0 saturated carbocycles. The minimum atomic E-state index is -0.516. The van der Waals surface area contributed by atoms with Crippen molar-refractivity contribution in [1.29, 1.82) is 0 Å². The van der Waals surface area contributed by atoms with E-state index in [4.69, 9.17) is 0 Å². The molecule has 0 fully saturated rings. The van der Waals surface area contributed by atoms with Crippen molar-refractivity contribution in [2.24, 2.45) is 0 Å². The van der Waals surface area contributed by atoms with Crippen molar-refractivity contribution in [3.63, 3.8) is 0 Å². The average molecular weight is 383 g/mol. The van der Waals surface area contributed by atoms with Crippen LogP contribution in [0.15, 0.2) is 45.5 Å². The Morgan fingerprint density at radius 1 is 1.30 bits per heavy atom. The van der Waals surface area contributed by atoms with Gasteiger partial charge in [-0.05, 0) is 37.0 Å². The van der Waals surface area contributed by atoms with Gasteiger partial charge in [0.15, 0.2) is 10.9 Å². The Balaban J connectivity index is 1.91. The van der Waals surface area contributed by atoms with Gasteiger partial charge in [-0.1, -0.05) is 30.8 Å². The van der Waals surface area contributed by atoms with Gasteiger partial charge in [0.1, 0.15) is 11.6 Å². The molecule has 0 saturated heterocycles. The Labute approximate surface area is 161 Å². The van der Waals surface area contributed by atoms with Gasteiger partial charge in [-0.15, -0.1) is 0 Å². The number of hydrogen-bond acceptors (Lipinski definition) is 6. The number of hydrogen-bond donors (Lipinski definition) is 3. The van der Waals surface area contributed by atoms with E-state index >= 15 is 0 Å². The highest BCUT2D eigenvalue weighted by molar-refractivity contribution is 7.99. The van der Waals surface area contributed by atoms with Crippen LogP contribution in [0.4, 0.5) is 5.82 Å². The Morgan fingerprint density at radius 3 is 2.93 bits per heavy atom. The topological polar surface area (TPSA) is 95.1 Å². The number of rotatable bonds is 4. The highest BCUT2D eigenvalue weighted by Crippen LogP contribution is 2.43. The van der Waals surface area contributed by atoms with Crippen LogP contribution in [-0.4, -0.2) is 26.6 Å². The number of anilines is 1. The van der Waals surface area contributed by atoms with E-state index in [-0.39, 0.29) is 17.1 Å². The monoisotopic (exact) mass is 383 g/mol. The zero-order valence-electron chi connectivity index (χ0n) is 15.0. The summed E-state index contributed by atoms with van der Waals surface area (Å²) in [5.74, 6) is 1.02. The average Bonchev–Trinajstić information content (AvgIpc) is 2.65. The Hall–Kier alpha value is -2.54. The number of phenols is 1. The summed E-state index contributed by atoms with van der Waals surface area (Å²) in [6.45, 7) is 2.07. The molecule has 27 heavy (non-hydrogen) atoms. The van der Waals surface area contributed by atoms with E-state index in [1.54, 1.807) is 18.2 Å². The second kappa shape index (κ2) is 7.23. The summed E-state index contributed by atoms with van der Waals surface area (Å²) in [6, 6.07) is 6.76. The summed E-state index contributed by atoms with van der Waals surface area (Å²) in [5, 5.41) is 13.8. The maximum Gasteiger partial charge on any atom is 0.257 e. The van der Waals surface area contributed by atoms with Gasteiger partial charge in [0.2, 0.25) is 0 Å². The van der Waals surface area contributed by atoms with Gasteiger partial charge in [-0.3, -0.25) is 9.59 Å². The van der Waals surface area contributed by atoms with E-state index in [9.17, 15) is 14.7 Å². The zero-order chi connectivity index (χ0) is 19.0. The van der Waals surface area contributed by atoms with Crippen molar-refractivity contribution in [3.05, 3.63) is 57.0 Å². The number of thioether (sulfide) groups is 1. The third-order valence-electron chi connectivity index (χ3n) is 4.88. The molecular formula is C20H21N3O3S. The summed E-state index contributed by atoms with van der Waals surface area (Å²) < 4.78 is 0. The smallest absolute Gasteiger partial charge is 0.257 e. The van der Waals surface area contributed by atoms with Gasteiger partial charge in [-0.2, -0.15) is 0 Å². The molecule has 7 heteroatoms. The number of aromatic amines is 1. The summed E-state index contributed by atoms with van der Waals surface area (Å²) in [5.41, 5.74) is 2.39. The second-order valence-electron chi connectivity index (χ2n) is 6.80.